The highest BCUT2D eigenvalue weighted by atomic mass is 16.5. The number of rotatable bonds is 9. The minimum atomic E-state index is 0.268. The van der Waals surface area contributed by atoms with Crippen LogP contribution in [-0.4, -0.2) is 25.7 Å². The Morgan fingerprint density at radius 1 is 1.35 bits per heavy atom. The van der Waals surface area contributed by atoms with Gasteiger partial charge in [-0.05, 0) is 39.2 Å². The number of hydrogen-bond donors (Lipinski definition) is 1. The fraction of sp³-hybridized carbons (Fsp3) is 0.643. The summed E-state index contributed by atoms with van der Waals surface area (Å²) in [7, 11) is 0. The van der Waals surface area contributed by atoms with Gasteiger partial charge in [0.2, 0.25) is 6.41 Å². The third-order valence-corrected chi connectivity index (χ3v) is 2.38. The van der Waals surface area contributed by atoms with Crippen LogP contribution in [0.3, 0.4) is 0 Å². The zero-order chi connectivity index (χ0) is 13.1. The summed E-state index contributed by atoms with van der Waals surface area (Å²) in [6, 6.07) is 0. The van der Waals surface area contributed by atoms with E-state index in [0.29, 0.717) is 13.2 Å². The molecule has 0 aliphatic heterocycles. The molecule has 0 aromatic rings. The Morgan fingerprint density at radius 3 is 2.59 bits per heavy atom. The molecule has 0 fully saturated rings. The van der Waals surface area contributed by atoms with Gasteiger partial charge >= 0.3 is 0 Å². The van der Waals surface area contributed by atoms with E-state index in [1.54, 1.807) is 0 Å². The molecule has 0 radical (unpaired) electrons. The summed E-state index contributed by atoms with van der Waals surface area (Å²) >= 11 is 0. The molecule has 1 amide bonds. The lowest BCUT2D eigenvalue weighted by Gasteiger charge is -2.07. The van der Waals surface area contributed by atoms with Crippen molar-refractivity contribution in [2.24, 2.45) is 0 Å². The Balaban J connectivity index is 4.12. The summed E-state index contributed by atoms with van der Waals surface area (Å²) in [6.07, 6.45) is 7.16. The normalized spacial score (nSPS) is 13.0. The molecule has 0 atom stereocenters. The van der Waals surface area contributed by atoms with Crippen molar-refractivity contribution >= 4 is 6.41 Å². The van der Waals surface area contributed by atoms with Crippen molar-refractivity contribution in [2.75, 3.05) is 13.2 Å². The van der Waals surface area contributed by atoms with Crippen LogP contribution < -0.4 is 5.32 Å². The fourth-order valence-electron chi connectivity index (χ4n) is 1.28. The predicted molar refractivity (Wildman–Crippen MR) is 71.9 cm³/mol. The van der Waals surface area contributed by atoms with Crippen molar-refractivity contribution in [3.05, 3.63) is 23.3 Å². The first-order valence-electron chi connectivity index (χ1n) is 6.24. The standard InChI is InChI=1S/C14H25NO2/c1-5-14(8-9-15-11-16)7-6-13(4)10-17-12(2)3/h6-7,11-12H,5,8-10H2,1-4H3,(H,15,16)/b13-6+,14-7+. The van der Waals surface area contributed by atoms with Crippen molar-refractivity contribution in [1.82, 2.24) is 5.32 Å². The molecule has 0 aromatic carbocycles. The molecule has 0 aromatic heterocycles. The van der Waals surface area contributed by atoms with E-state index in [1.807, 2.05) is 13.8 Å². The molecule has 0 saturated heterocycles. The Bertz CT molecular complexity index is 267. The topological polar surface area (TPSA) is 38.3 Å². The van der Waals surface area contributed by atoms with Gasteiger partial charge < -0.3 is 10.1 Å². The van der Waals surface area contributed by atoms with E-state index in [0.717, 1.165) is 19.3 Å². The molecule has 0 saturated carbocycles. The van der Waals surface area contributed by atoms with E-state index in [-0.39, 0.29) is 6.10 Å². The molecule has 0 heterocycles. The molecule has 3 heteroatoms. The number of carbonyl (C=O) groups is 1. The van der Waals surface area contributed by atoms with Gasteiger partial charge in [0, 0.05) is 6.54 Å². The van der Waals surface area contributed by atoms with E-state index in [1.165, 1.54) is 11.1 Å². The lowest BCUT2D eigenvalue weighted by atomic mass is 10.1. The fourth-order valence-corrected chi connectivity index (χ4v) is 1.28. The number of allylic oxidation sites excluding steroid dienone is 2. The molecular weight excluding hydrogens is 214 g/mol. The van der Waals surface area contributed by atoms with Gasteiger partial charge in [0.25, 0.3) is 0 Å². The largest absolute Gasteiger partial charge is 0.374 e. The van der Waals surface area contributed by atoms with E-state index >= 15 is 0 Å². The molecule has 17 heavy (non-hydrogen) atoms. The second-order valence-electron chi connectivity index (χ2n) is 4.37. The van der Waals surface area contributed by atoms with Crippen molar-refractivity contribution in [1.29, 1.82) is 0 Å². The minimum Gasteiger partial charge on any atom is -0.374 e. The number of amides is 1. The maximum atomic E-state index is 10.1. The molecule has 0 bridgehead atoms. The van der Waals surface area contributed by atoms with E-state index < -0.39 is 0 Å². The van der Waals surface area contributed by atoms with Crippen LogP contribution in [0.1, 0.15) is 40.5 Å². The second-order valence-corrected chi connectivity index (χ2v) is 4.37. The summed E-state index contributed by atoms with van der Waals surface area (Å²) in [4.78, 5) is 10.1. The van der Waals surface area contributed by atoms with Gasteiger partial charge in [-0.2, -0.15) is 0 Å². The Morgan fingerprint density at radius 2 is 2.06 bits per heavy atom. The highest BCUT2D eigenvalue weighted by Crippen LogP contribution is 2.07. The van der Waals surface area contributed by atoms with Crippen LogP contribution in [0.2, 0.25) is 0 Å². The number of carbonyl (C=O) groups excluding carboxylic acids is 1. The minimum absolute atomic E-state index is 0.268. The second kappa shape index (κ2) is 10.1. The van der Waals surface area contributed by atoms with Crippen LogP contribution in [0.15, 0.2) is 23.3 Å². The maximum Gasteiger partial charge on any atom is 0.207 e. The third-order valence-electron chi connectivity index (χ3n) is 2.38. The lowest BCUT2D eigenvalue weighted by molar-refractivity contribution is -0.109. The average Bonchev–Trinajstić information content (AvgIpc) is 2.31. The van der Waals surface area contributed by atoms with Gasteiger partial charge in [-0.3, -0.25) is 4.79 Å². The lowest BCUT2D eigenvalue weighted by Crippen LogP contribution is -2.12. The van der Waals surface area contributed by atoms with Crippen LogP contribution in [-0.2, 0) is 9.53 Å². The van der Waals surface area contributed by atoms with Crippen molar-refractivity contribution in [3.8, 4) is 0 Å². The maximum absolute atomic E-state index is 10.1. The highest BCUT2D eigenvalue weighted by molar-refractivity contribution is 5.45. The summed E-state index contributed by atoms with van der Waals surface area (Å²) in [5, 5.41) is 2.67. The molecule has 98 valence electrons. The van der Waals surface area contributed by atoms with Crippen LogP contribution in [0.4, 0.5) is 0 Å². The average molecular weight is 239 g/mol. The van der Waals surface area contributed by atoms with Gasteiger partial charge in [-0.15, -0.1) is 0 Å². The van der Waals surface area contributed by atoms with Gasteiger partial charge in [-0.1, -0.05) is 24.6 Å². The van der Waals surface area contributed by atoms with Crippen LogP contribution in [0, 0.1) is 0 Å². The van der Waals surface area contributed by atoms with E-state index in [2.05, 4.69) is 31.3 Å². The van der Waals surface area contributed by atoms with Gasteiger partial charge in [0.05, 0.1) is 12.7 Å². The van der Waals surface area contributed by atoms with Gasteiger partial charge in [0.1, 0.15) is 0 Å². The quantitative estimate of drug-likeness (QED) is 0.382. The Kier molecular flexibility index (Phi) is 9.44. The van der Waals surface area contributed by atoms with Gasteiger partial charge in [0.15, 0.2) is 0 Å². The molecule has 1 N–H and O–H groups in total. The first-order valence-corrected chi connectivity index (χ1v) is 6.24. The molecule has 0 aliphatic carbocycles. The summed E-state index contributed by atoms with van der Waals surface area (Å²) in [5.41, 5.74) is 2.55. The van der Waals surface area contributed by atoms with E-state index in [4.69, 9.17) is 4.74 Å². The zero-order valence-electron chi connectivity index (χ0n) is 11.5. The predicted octanol–water partition coefficient (Wildman–Crippen LogP) is 2.83. The smallest absolute Gasteiger partial charge is 0.207 e. The Hall–Kier alpha value is -1.09. The van der Waals surface area contributed by atoms with Crippen molar-refractivity contribution in [3.63, 3.8) is 0 Å². The van der Waals surface area contributed by atoms with E-state index in [9.17, 15) is 4.79 Å². The number of ether oxygens (including phenoxy) is 1. The Labute approximate surface area is 105 Å². The number of nitrogens with one attached hydrogen (secondary N) is 1. The molecule has 0 unspecified atom stereocenters. The first-order chi connectivity index (χ1) is 8.10. The van der Waals surface area contributed by atoms with Crippen LogP contribution in [0.5, 0.6) is 0 Å². The zero-order valence-corrected chi connectivity index (χ0v) is 11.5. The van der Waals surface area contributed by atoms with Crippen molar-refractivity contribution in [2.45, 2.75) is 46.6 Å². The highest BCUT2D eigenvalue weighted by Gasteiger charge is 1.95. The molecule has 0 spiro atoms. The van der Waals surface area contributed by atoms with Crippen LogP contribution >= 0.6 is 0 Å². The number of hydrogen-bond acceptors (Lipinski definition) is 2. The SMILES string of the molecule is CC/C(=C\C=C(/C)COC(C)C)CCNC=O. The van der Waals surface area contributed by atoms with Gasteiger partial charge in [-0.25, -0.2) is 0 Å². The summed E-state index contributed by atoms with van der Waals surface area (Å²) < 4.78 is 5.51. The summed E-state index contributed by atoms with van der Waals surface area (Å²) in [5.74, 6) is 0. The first kappa shape index (κ1) is 15.9. The van der Waals surface area contributed by atoms with Crippen molar-refractivity contribution < 1.29 is 9.53 Å². The monoisotopic (exact) mass is 239 g/mol. The molecular formula is C14H25NO2. The van der Waals surface area contributed by atoms with Crippen LogP contribution in [0.25, 0.3) is 0 Å². The molecule has 0 aliphatic rings. The molecule has 0 rings (SSSR count). The third kappa shape index (κ3) is 9.82. The summed E-state index contributed by atoms with van der Waals surface area (Å²) in [6.45, 7) is 9.64. The molecule has 3 nitrogen and oxygen atoms in total.